The number of benzene rings is 8. The minimum absolute atomic E-state index is 0.930. The van der Waals surface area contributed by atoms with Gasteiger partial charge in [0.2, 0.25) is 0 Å². The second-order valence-corrected chi connectivity index (χ2v) is 15.2. The highest BCUT2D eigenvalue weighted by molar-refractivity contribution is 7.25. The number of fused-ring (bicyclic) bond motifs is 17. The monoisotopic (exact) mass is 693 g/mol. The molecular weight excluding hydrogens is 667 g/mol. The molecule has 1 N–H and O–H groups in total. The molecule has 5 heterocycles. The number of nitrogens with zero attached hydrogens (tertiary/aromatic N) is 2. The fourth-order valence-electron chi connectivity index (χ4n) is 9.19. The van der Waals surface area contributed by atoms with Gasteiger partial charge in [0.15, 0.2) is 0 Å². The first-order chi connectivity index (χ1) is 26.3. The largest absolute Gasteiger partial charge is 0.455 e. The molecule has 0 fully saturated rings. The van der Waals surface area contributed by atoms with E-state index < -0.39 is 0 Å². The highest BCUT2D eigenvalue weighted by Gasteiger charge is 2.22. The van der Waals surface area contributed by atoms with Crippen LogP contribution in [-0.4, -0.2) is 14.1 Å². The normalized spacial score (nSPS) is 12.5. The molecule has 0 bridgehead atoms. The first-order valence-corrected chi connectivity index (χ1v) is 18.8. The fourth-order valence-corrected chi connectivity index (χ4v) is 10.3. The van der Waals surface area contributed by atoms with Gasteiger partial charge in [-0.3, -0.25) is 0 Å². The smallest absolute Gasteiger partial charge is 0.145 e. The Labute approximate surface area is 305 Å². The van der Waals surface area contributed by atoms with Crippen LogP contribution in [0.15, 0.2) is 162 Å². The van der Waals surface area contributed by atoms with E-state index in [4.69, 9.17) is 4.42 Å². The van der Waals surface area contributed by atoms with E-state index in [-0.39, 0.29) is 0 Å². The van der Waals surface area contributed by atoms with Crippen LogP contribution >= 0.6 is 11.3 Å². The van der Waals surface area contributed by atoms with Gasteiger partial charge in [-0.1, -0.05) is 72.8 Å². The van der Waals surface area contributed by atoms with E-state index >= 15 is 0 Å². The van der Waals surface area contributed by atoms with Gasteiger partial charge >= 0.3 is 0 Å². The van der Waals surface area contributed by atoms with Crippen molar-refractivity contribution in [2.75, 3.05) is 0 Å². The van der Waals surface area contributed by atoms with Crippen molar-refractivity contribution in [3.8, 4) is 11.4 Å². The van der Waals surface area contributed by atoms with Crippen LogP contribution in [0, 0.1) is 0 Å². The molecule has 0 radical (unpaired) electrons. The SMILES string of the molecule is c1ccc2c(c1)[nH]c1ccc3c4ccc5c(c6ccccc6n5-c5ccc6c(c5)c5ccccc5n6-c5ccc6sc7ccccc7c6c5)c4oc3c12. The molecule has 4 nitrogen and oxygen atoms in total. The van der Waals surface area contributed by atoms with Gasteiger partial charge in [0.25, 0.3) is 0 Å². The van der Waals surface area contributed by atoms with Gasteiger partial charge in [-0.05, 0) is 84.9 Å². The van der Waals surface area contributed by atoms with Gasteiger partial charge in [0.1, 0.15) is 11.2 Å². The van der Waals surface area contributed by atoms with Crippen molar-refractivity contribution in [2.45, 2.75) is 0 Å². The molecule has 246 valence electrons. The van der Waals surface area contributed by atoms with Crippen LogP contribution in [0.3, 0.4) is 0 Å². The minimum atomic E-state index is 0.930. The first-order valence-electron chi connectivity index (χ1n) is 18.0. The zero-order chi connectivity index (χ0) is 34.4. The molecule has 0 aliphatic rings. The van der Waals surface area contributed by atoms with E-state index in [1.807, 2.05) is 11.3 Å². The summed E-state index contributed by atoms with van der Waals surface area (Å²) in [7, 11) is 0. The number of nitrogens with one attached hydrogen (secondary N) is 1. The van der Waals surface area contributed by atoms with Crippen molar-refractivity contribution in [1.82, 2.24) is 14.1 Å². The molecule has 8 aromatic carbocycles. The van der Waals surface area contributed by atoms with E-state index in [0.29, 0.717) is 0 Å². The number of hydrogen-bond acceptors (Lipinski definition) is 2. The second-order valence-electron chi connectivity index (χ2n) is 14.2. The summed E-state index contributed by atoms with van der Waals surface area (Å²) >= 11 is 1.86. The van der Waals surface area contributed by atoms with Gasteiger partial charge in [0, 0.05) is 69.4 Å². The molecule has 0 unspecified atom stereocenters. The fraction of sp³-hybridized carbons (Fsp3) is 0. The van der Waals surface area contributed by atoms with Crippen LogP contribution in [0.5, 0.6) is 0 Å². The molecule has 0 spiro atoms. The van der Waals surface area contributed by atoms with Crippen LogP contribution in [0.1, 0.15) is 0 Å². The number of aromatic nitrogens is 3. The summed E-state index contributed by atoms with van der Waals surface area (Å²) in [5.74, 6) is 0. The lowest BCUT2D eigenvalue weighted by atomic mass is 10.1. The number of thiophene rings is 1. The van der Waals surface area contributed by atoms with Crippen LogP contribution in [-0.2, 0) is 0 Å². The summed E-state index contributed by atoms with van der Waals surface area (Å²) in [5, 5.41) is 12.0. The number of aromatic amines is 1. The second kappa shape index (κ2) is 9.94. The molecule has 13 aromatic rings. The summed E-state index contributed by atoms with van der Waals surface area (Å²) in [5.41, 5.74) is 11.1. The molecule has 5 aromatic heterocycles. The lowest BCUT2D eigenvalue weighted by molar-refractivity contribution is 0.677. The van der Waals surface area contributed by atoms with E-state index in [2.05, 4.69) is 172 Å². The van der Waals surface area contributed by atoms with Crippen LogP contribution < -0.4 is 0 Å². The molecule has 0 aliphatic heterocycles. The van der Waals surface area contributed by atoms with Crippen molar-refractivity contribution in [1.29, 1.82) is 0 Å². The molecule has 0 amide bonds. The molecule has 5 heteroatoms. The Morgan fingerprint density at radius 3 is 1.83 bits per heavy atom. The van der Waals surface area contributed by atoms with E-state index in [1.165, 1.54) is 58.4 Å². The van der Waals surface area contributed by atoms with Crippen molar-refractivity contribution in [3.05, 3.63) is 158 Å². The average molecular weight is 694 g/mol. The van der Waals surface area contributed by atoms with Crippen LogP contribution in [0.2, 0.25) is 0 Å². The summed E-state index contributed by atoms with van der Waals surface area (Å²) in [6.07, 6.45) is 0. The van der Waals surface area contributed by atoms with Crippen molar-refractivity contribution in [2.24, 2.45) is 0 Å². The Bertz CT molecular complexity index is 3700. The lowest BCUT2D eigenvalue weighted by Crippen LogP contribution is -1.95. The quantitative estimate of drug-likeness (QED) is 0.192. The molecule has 0 saturated carbocycles. The predicted molar refractivity (Wildman–Crippen MR) is 225 cm³/mol. The molecule has 0 aliphatic carbocycles. The lowest BCUT2D eigenvalue weighted by Gasteiger charge is -2.10. The van der Waals surface area contributed by atoms with Crippen LogP contribution in [0.25, 0.3) is 119 Å². The van der Waals surface area contributed by atoms with Crippen molar-refractivity contribution in [3.63, 3.8) is 0 Å². The molecule has 0 atom stereocenters. The molecule has 0 saturated heterocycles. The first kappa shape index (κ1) is 27.8. The number of H-pyrrole nitrogens is 1. The average Bonchev–Trinajstić information content (AvgIpc) is 4.01. The Balaban J connectivity index is 1.08. The third-order valence-electron chi connectivity index (χ3n) is 11.4. The topological polar surface area (TPSA) is 38.8 Å². The summed E-state index contributed by atoms with van der Waals surface area (Å²) in [6.45, 7) is 0. The standard InChI is InChI=1S/C48H27N3OS/c1-5-13-37-33(11-1)45-38(49-37)21-19-31-32-20-23-42-46(48(32)52-47(31)45)34-12-3-7-15-40(34)51(42)27-17-22-41-35(25-27)29-9-2-6-14-39(29)50(41)28-18-24-44-36(26-28)30-10-4-8-16-43(30)53-44/h1-26,49H. The maximum absolute atomic E-state index is 7.00. The van der Waals surface area contributed by atoms with Gasteiger partial charge < -0.3 is 18.5 Å². The van der Waals surface area contributed by atoms with E-state index in [0.717, 1.165) is 60.5 Å². The zero-order valence-corrected chi connectivity index (χ0v) is 29.0. The zero-order valence-electron chi connectivity index (χ0n) is 28.2. The third-order valence-corrected chi connectivity index (χ3v) is 12.6. The molecular formula is C48H27N3OS. The van der Waals surface area contributed by atoms with Gasteiger partial charge in [-0.15, -0.1) is 11.3 Å². The number of hydrogen-bond donors (Lipinski definition) is 1. The highest BCUT2D eigenvalue weighted by Crippen LogP contribution is 2.44. The number of rotatable bonds is 2. The number of furan rings is 1. The van der Waals surface area contributed by atoms with Crippen LogP contribution in [0.4, 0.5) is 0 Å². The Morgan fingerprint density at radius 2 is 0.962 bits per heavy atom. The predicted octanol–water partition coefficient (Wildman–Crippen LogP) is 13.8. The third kappa shape index (κ3) is 3.59. The van der Waals surface area contributed by atoms with Gasteiger partial charge in [0.05, 0.1) is 38.4 Å². The van der Waals surface area contributed by atoms with E-state index in [9.17, 15) is 0 Å². The maximum atomic E-state index is 7.00. The summed E-state index contributed by atoms with van der Waals surface area (Å²) in [4.78, 5) is 3.59. The highest BCUT2D eigenvalue weighted by atomic mass is 32.1. The minimum Gasteiger partial charge on any atom is -0.455 e. The summed E-state index contributed by atoms with van der Waals surface area (Å²) < 4.78 is 14.5. The van der Waals surface area contributed by atoms with Gasteiger partial charge in [-0.25, -0.2) is 0 Å². The van der Waals surface area contributed by atoms with Crippen molar-refractivity contribution < 1.29 is 4.42 Å². The van der Waals surface area contributed by atoms with Crippen molar-refractivity contribution >= 4 is 119 Å². The Morgan fingerprint density at radius 1 is 0.377 bits per heavy atom. The number of para-hydroxylation sites is 3. The molecule has 53 heavy (non-hydrogen) atoms. The summed E-state index contributed by atoms with van der Waals surface area (Å²) in [6, 6.07) is 57.5. The molecule has 13 rings (SSSR count). The van der Waals surface area contributed by atoms with Gasteiger partial charge in [-0.2, -0.15) is 0 Å². The Hall–Kier alpha value is -6.82. The Kier molecular flexibility index (Phi) is 5.22. The maximum Gasteiger partial charge on any atom is 0.145 e. The van der Waals surface area contributed by atoms with E-state index in [1.54, 1.807) is 0 Å².